The number of aromatic nitrogens is 1. The molecule has 0 aliphatic heterocycles. The number of hydrogen-bond acceptors (Lipinski definition) is 4. The Balaban J connectivity index is 2.41. The highest BCUT2D eigenvalue weighted by atomic mass is 16.1. The monoisotopic (exact) mass is 219 g/mol. The van der Waals surface area contributed by atoms with Crippen LogP contribution in [0.3, 0.4) is 0 Å². The molecular weight excluding hydrogens is 202 g/mol. The molecule has 4 N–H and O–H groups in total. The van der Waals surface area contributed by atoms with E-state index >= 15 is 0 Å². The van der Waals surface area contributed by atoms with Gasteiger partial charge in [-0.1, -0.05) is 6.42 Å². The van der Waals surface area contributed by atoms with E-state index in [4.69, 9.17) is 11.5 Å². The number of carbonyl (C=O) groups is 1. The molecule has 86 valence electrons. The number of aryl methyl sites for hydroxylation is 1. The Kier molecular flexibility index (Phi) is 2.68. The van der Waals surface area contributed by atoms with Crippen molar-refractivity contribution in [3.8, 4) is 0 Å². The molecule has 4 heteroatoms. The Labute approximate surface area is 95.0 Å². The number of nitrogens with zero attached hydrogens (tertiary/aromatic N) is 1. The predicted octanol–water partition coefficient (Wildman–Crippen LogP) is 1.28. The zero-order chi connectivity index (χ0) is 11.8. The molecule has 1 aliphatic carbocycles. The summed E-state index contributed by atoms with van der Waals surface area (Å²) in [4.78, 5) is 16.4. The van der Waals surface area contributed by atoms with Gasteiger partial charge in [0.1, 0.15) is 5.82 Å². The van der Waals surface area contributed by atoms with Crippen molar-refractivity contribution in [3.05, 3.63) is 23.4 Å². The van der Waals surface area contributed by atoms with E-state index in [-0.39, 0.29) is 11.2 Å². The largest absolute Gasteiger partial charge is 0.383 e. The van der Waals surface area contributed by atoms with Gasteiger partial charge in [-0.05, 0) is 31.4 Å². The summed E-state index contributed by atoms with van der Waals surface area (Å²) < 4.78 is 0. The van der Waals surface area contributed by atoms with Gasteiger partial charge in [0.25, 0.3) is 0 Å². The van der Waals surface area contributed by atoms with Gasteiger partial charge in [0.2, 0.25) is 0 Å². The highest BCUT2D eigenvalue weighted by Gasteiger charge is 2.44. The summed E-state index contributed by atoms with van der Waals surface area (Å²) in [5.74, 6) is 0.397. The van der Waals surface area contributed by atoms with E-state index in [0.717, 1.165) is 24.8 Å². The molecule has 1 aliphatic rings. The molecule has 0 amide bonds. The molecule has 1 fully saturated rings. The van der Waals surface area contributed by atoms with Crippen LogP contribution in [0.4, 0.5) is 5.82 Å². The number of Topliss-reactive ketones (excluding diaryl/α,β-unsaturated/α-hetero) is 1. The fourth-order valence-electron chi connectivity index (χ4n) is 2.27. The van der Waals surface area contributed by atoms with Gasteiger partial charge in [-0.2, -0.15) is 0 Å². The average Bonchev–Trinajstić information content (AvgIpc) is 2.16. The molecule has 16 heavy (non-hydrogen) atoms. The maximum Gasteiger partial charge on any atom is 0.174 e. The SMILES string of the molecule is Cc1ccnc(N)c1C(=O)C1(CN)CCC1. The maximum absolute atomic E-state index is 12.4. The second-order valence-corrected chi connectivity index (χ2v) is 4.56. The van der Waals surface area contributed by atoms with Crippen LogP contribution in [0.1, 0.15) is 35.2 Å². The van der Waals surface area contributed by atoms with Gasteiger partial charge in [-0.15, -0.1) is 0 Å². The molecule has 1 saturated carbocycles. The summed E-state index contributed by atoms with van der Waals surface area (Å²) in [5.41, 5.74) is 12.6. The number of hydrogen-bond donors (Lipinski definition) is 2. The molecule has 1 heterocycles. The normalized spacial score (nSPS) is 17.9. The van der Waals surface area contributed by atoms with Crippen molar-refractivity contribution in [1.29, 1.82) is 0 Å². The topological polar surface area (TPSA) is 82.0 Å². The minimum atomic E-state index is -0.373. The summed E-state index contributed by atoms with van der Waals surface area (Å²) in [5, 5.41) is 0. The molecule has 0 bridgehead atoms. The quantitative estimate of drug-likeness (QED) is 0.750. The van der Waals surface area contributed by atoms with Crippen LogP contribution in [-0.4, -0.2) is 17.3 Å². The second kappa shape index (κ2) is 3.87. The molecule has 2 rings (SSSR count). The molecule has 4 nitrogen and oxygen atoms in total. The van der Waals surface area contributed by atoms with Crippen LogP contribution >= 0.6 is 0 Å². The van der Waals surface area contributed by atoms with Gasteiger partial charge in [0.05, 0.1) is 5.56 Å². The first-order valence-electron chi connectivity index (χ1n) is 5.57. The van der Waals surface area contributed by atoms with Crippen LogP contribution in [0.25, 0.3) is 0 Å². The average molecular weight is 219 g/mol. The van der Waals surface area contributed by atoms with Gasteiger partial charge in [0.15, 0.2) is 5.78 Å². The third-order valence-corrected chi connectivity index (χ3v) is 3.60. The van der Waals surface area contributed by atoms with E-state index in [1.54, 1.807) is 6.20 Å². The fourth-order valence-corrected chi connectivity index (χ4v) is 2.27. The van der Waals surface area contributed by atoms with Crippen molar-refractivity contribution < 1.29 is 4.79 Å². The minimum absolute atomic E-state index is 0.0735. The van der Waals surface area contributed by atoms with Crippen molar-refractivity contribution in [2.45, 2.75) is 26.2 Å². The molecule has 0 saturated heterocycles. The predicted molar refractivity (Wildman–Crippen MR) is 63.1 cm³/mol. The molecule has 1 aromatic rings. The van der Waals surface area contributed by atoms with E-state index in [0.29, 0.717) is 17.9 Å². The van der Waals surface area contributed by atoms with Crippen LogP contribution in [0.15, 0.2) is 12.3 Å². The highest BCUT2D eigenvalue weighted by molar-refractivity contribution is 6.05. The third-order valence-electron chi connectivity index (χ3n) is 3.60. The van der Waals surface area contributed by atoms with Crippen molar-refractivity contribution in [2.24, 2.45) is 11.1 Å². The Morgan fingerprint density at radius 2 is 2.25 bits per heavy atom. The van der Waals surface area contributed by atoms with Crippen LogP contribution in [0.2, 0.25) is 0 Å². The number of anilines is 1. The molecule has 0 unspecified atom stereocenters. The van der Waals surface area contributed by atoms with Gasteiger partial charge < -0.3 is 11.5 Å². The lowest BCUT2D eigenvalue weighted by molar-refractivity contribution is 0.0636. The van der Waals surface area contributed by atoms with Gasteiger partial charge in [-0.25, -0.2) is 4.98 Å². The smallest absolute Gasteiger partial charge is 0.174 e. The summed E-state index contributed by atoms with van der Waals surface area (Å²) in [6.45, 7) is 2.29. The summed E-state index contributed by atoms with van der Waals surface area (Å²) in [6.07, 6.45) is 4.44. The number of nitrogens with two attached hydrogens (primary N) is 2. The summed E-state index contributed by atoms with van der Waals surface area (Å²) in [7, 11) is 0. The van der Waals surface area contributed by atoms with Crippen LogP contribution in [-0.2, 0) is 0 Å². The zero-order valence-electron chi connectivity index (χ0n) is 9.49. The number of carbonyl (C=O) groups excluding carboxylic acids is 1. The Morgan fingerprint density at radius 3 is 2.69 bits per heavy atom. The maximum atomic E-state index is 12.4. The Hall–Kier alpha value is -1.42. The lowest BCUT2D eigenvalue weighted by atomic mass is 9.64. The van der Waals surface area contributed by atoms with Crippen molar-refractivity contribution >= 4 is 11.6 Å². The molecule has 0 atom stereocenters. The highest BCUT2D eigenvalue weighted by Crippen LogP contribution is 2.43. The van der Waals surface area contributed by atoms with E-state index in [1.165, 1.54) is 0 Å². The van der Waals surface area contributed by atoms with Gasteiger partial charge in [-0.3, -0.25) is 4.79 Å². The second-order valence-electron chi connectivity index (χ2n) is 4.56. The lowest BCUT2D eigenvalue weighted by Crippen LogP contribution is -2.44. The van der Waals surface area contributed by atoms with Gasteiger partial charge >= 0.3 is 0 Å². The molecule has 0 spiro atoms. The summed E-state index contributed by atoms with van der Waals surface area (Å²) in [6, 6.07) is 1.81. The summed E-state index contributed by atoms with van der Waals surface area (Å²) >= 11 is 0. The Bertz CT molecular complexity index is 399. The first-order valence-corrected chi connectivity index (χ1v) is 5.57. The van der Waals surface area contributed by atoms with Crippen molar-refractivity contribution in [1.82, 2.24) is 4.98 Å². The number of pyridine rings is 1. The molecule has 1 aromatic heterocycles. The molecular formula is C12H17N3O. The number of ketones is 1. The first kappa shape index (κ1) is 11.1. The lowest BCUT2D eigenvalue weighted by Gasteiger charge is -2.39. The third kappa shape index (κ3) is 1.50. The van der Waals surface area contributed by atoms with E-state index in [2.05, 4.69) is 4.98 Å². The van der Waals surface area contributed by atoms with E-state index < -0.39 is 0 Å². The van der Waals surface area contributed by atoms with Crippen LogP contribution < -0.4 is 11.5 Å². The Morgan fingerprint density at radius 1 is 1.56 bits per heavy atom. The number of nitrogen functional groups attached to an aromatic ring is 1. The number of rotatable bonds is 3. The molecule has 0 aromatic carbocycles. The van der Waals surface area contributed by atoms with Crippen molar-refractivity contribution in [3.63, 3.8) is 0 Å². The fraction of sp³-hybridized carbons (Fsp3) is 0.500. The van der Waals surface area contributed by atoms with Crippen molar-refractivity contribution in [2.75, 3.05) is 12.3 Å². The first-order chi connectivity index (χ1) is 7.60. The standard InChI is InChI=1S/C12H17N3O/c1-8-3-6-15-11(14)9(8)10(16)12(7-13)4-2-5-12/h3,6H,2,4-5,7,13H2,1H3,(H2,14,15). The molecule has 0 radical (unpaired) electrons. The minimum Gasteiger partial charge on any atom is -0.383 e. The van der Waals surface area contributed by atoms with Crippen LogP contribution in [0, 0.1) is 12.3 Å². The van der Waals surface area contributed by atoms with Gasteiger partial charge in [0, 0.05) is 18.2 Å². The zero-order valence-corrected chi connectivity index (χ0v) is 9.49. The van der Waals surface area contributed by atoms with E-state index in [1.807, 2.05) is 13.0 Å². The van der Waals surface area contributed by atoms with E-state index in [9.17, 15) is 4.79 Å². The van der Waals surface area contributed by atoms with Crippen LogP contribution in [0.5, 0.6) is 0 Å².